The second-order valence-corrected chi connectivity index (χ2v) is 3.87. The van der Waals surface area contributed by atoms with Crippen molar-refractivity contribution in [3.05, 3.63) is 0 Å². The first kappa shape index (κ1) is 9.56. The smallest absolute Gasteiger partial charge is 0.278 e. The summed E-state index contributed by atoms with van der Waals surface area (Å²) in [5, 5.41) is 0. The van der Waals surface area contributed by atoms with Crippen LogP contribution in [-0.4, -0.2) is 28.2 Å². The van der Waals surface area contributed by atoms with Crippen molar-refractivity contribution in [2.24, 2.45) is 5.90 Å². The molecule has 0 bridgehead atoms. The van der Waals surface area contributed by atoms with Crippen molar-refractivity contribution in [1.82, 2.24) is 3.11 Å². The fourth-order valence-electron chi connectivity index (χ4n) is 0.979. The summed E-state index contributed by atoms with van der Waals surface area (Å²) in [7, 11) is 0. The Labute approximate surface area is 77.3 Å². The molecule has 0 radical (unpaired) electrons. The Morgan fingerprint density at radius 1 is 1.64 bits per heavy atom. The second kappa shape index (κ2) is 3.46. The van der Waals surface area contributed by atoms with Gasteiger partial charge in [0.25, 0.3) is 5.92 Å². The van der Waals surface area contributed by atoms with Crippen LogP contribution in [-0.2, 0) is 4.84 Å². The molecule has 0 spiro atoms. The molecule has 1 atom stereocenters. The predicted molar refractivity (Wildman–Crippen MR) is 44.2 cm³/mol. The first-order chi connectivity index (χ1) is 5.06. The summed E-state index contributed by atoms with van der Waals surface area (Å²) in [6.45, 7) is 0.567. The number of piperidine rings is 1. The van der Waals surface area contributed by atoms with E-state index in [1.54, 1.807) is 3.11 Å². The summed E-state index contributed by atoms with van der Waals surface area (Å²) in [5.41, 5.74) is 0. The lowest BCUT2D eigenvalue weighted by molar-refractivity contribution is -0.160. The molecule has 1 heterocycles. The van der Waals surface area contributed by atoms with Gasteiger partial charge in [0.1, 0.15) is 0 Å². The third kappa shape index (κ3) is 2.20. The molecule has 2 N–H and O–H groups in total. The first-order valence-electron chi connectivity index (χ1n) is 3.20. The standard InChI is InChI=1S/C5H9F2IN2O/c6-5(7)1-2-10(8)3-4(5)11-9/h4H,1-3,9H2. The molecular weight excluding hydrogens is 269 g/mol. The summed E-state index contributed by atoms with van der Waals surface area (Å²) < 4.78 is 27.4. The summed E-state index contributed by atoms with van der Waals surface area (Å²) >= 11 is 1.98. The van der Waals surface area contributed by atoms with Gasteiger partial charge in [-0.25, -0.2) is 17.8 Å². The molecule has 0 aromatic carbocycles. The molecule has 0 aliphatic carbocycles. The third-order valence-electron chi connectivity index (χ3n) is 1.69. The molecule has 3 nitrogen and oxygen atoms in total. The van der Waals surface area contributed by atoms with E-state index in [4.69, 9.17) is 5.90 Å². The van der Waals surface area contributed by atoms with E-state index < -0.39 is 12.0 Å². The number of rotatable bonds is 1. The van der Waals surface area contributed by atoms with E-state index in [2.05, 4.69) is 4.84 Å². The van der Waals surface area contributed by atoms with Gasteiger partial charge in [0.05, 0.1) is 0 Å². The van der Waals surface area contributed by atoms with Gasteiger partial charge in [0.15, 0.2) is 6.10 Å². The highest BCUT2D eigenvalue weighted by atomic mass is 127. The molecule has 1 rings (SSSR count). The van der Waals surface area contributed by atoms with Crippen LogP contribution in [0.1, 0.15) is 6.42 Å². The zero-order chi connectivity index (χ0) is 8.48. The monoisotopic (exact) mass is 278 g/mol. The highest BCUT2D eigenvalue weighted by molar-refractivity contribution is 14.1. The largest absolute Gasteiger partial charge is 0.294 e. The van der Waals surface area contributed by atoms with Crippen LogP contribution in [0.15, 0.2) is 0 Å². The highest BCUT2D eigenvalue weighted by Crippen LogP contribution is 2.30. The Morgan fingerprint density at radius 3 is 2.73 bits per heavy atom. The molecule has 1 aliphatic heterocycles. The Kier molecular flexibility index (Phi) is 3.01. The molecule has 1 saturated heterocycles. The molecule has 0 saturated carbocycles. The van der Waals surface area contributed by atoms with Crippen LogP contribution < -0.4 is 5.90 Å². The van der Waals surface area contributed by atoms with Crippen LogP contribution in [0.2, 0.25) is 0 Å². The third-order valence-corrected chi connectivity index (χ3v) is 2.56. The fraction of sp³-hybridized carbons (Fsp3) is 1.00. The normalized spacial score (nSPS) is 32.2. The Balaban J connectivity index is 2.56. The van der Waals surface area contributed by atoms with E-state index >= 15 is 0 Å². The predicted octanol–water partition coefficient (Wildman–Crippen LogP) is 0.936. The van der Waals surface area contributed by atoms with Crippen molar-refractivity contribution >= 4 is 22.9 Å². The van der Waals surface area contributed by atoms with Gasteiger partial charge >= 0.3 is 0 Å². The van der Waals surface area contributed by atoms with E-state index in [9.17, 15) is 8.78 Å². The number of alkyl halides is 2. The lowest BCUT2D eigenvalue weighted by Crippen LogP contribution is -2.49. The minimum Gasteiger partial charge on any atom is -0.294 e. The van der Waals surface area contributed by atoms with Gasteiger partial charge in [-0.2, -0.15) is 0 Å². The Hall–Kier alpha value is 0.470. The van der Waals surface area contributed by atoms with Crippen molar-refractivity contribution in [3.63, 3.8) is 0 Å². The zero-order valence-corrected chi connectivity index (χ0v) is 7.92. The van der Waals surface area contributed by atoms with Crippen molar-refractivity contribution in [2.75, 3.05) is 13.1 Å². The van der Waals surface area contributed by atoms with E-state index in [1.165, 1.54) is 0 Å². The van der Waals surface area contributed by atoms with Crippen molar-refractivity contribution in [2.45, 2.75) is 18.4 Å². The van der Waals surface area contributed by atoms with Gasteiger partial charge in [-0.15, -0.1) is 0 Å². The number of nitrogens with zero attached hydrogens (tertiary/aromatic N) is 1. The number of hydrogen-bond donors (Lipinski definition) is 1. The molecule has 1 unspecified atom stereocenters. The maximum Gasteiger partial charge on any atom is 0.278 e. The Bertz CT molecular complexity index is 146. The molecule has 0 aromatic heterocycles. The molecule has 1 aliphatic rings. The molecule has 66 valence electrons. The fourth-order valence-corrected chi connectivity index (χ4v) is 1.58. The van der Waals surface area contributed by atoms with Crippen molar-refractivity contribution in [3.8, 4) is 0 Å². The minimum absolute atomic E-state index is 0.183. The molecule has 6 heteroatoms. The molecule has 0 amide bonds. The van der Waals surface area contributed by atoms with Crippen LogP contribution in [0.5, 0.6) is 0 Å². The first-order valence-corrected chi connectivity index (χ1v) is 4.17. The highest BCUT2D eigenvalue weighted by Gasteiger charge is 2.44. The van der Waals surface area contributed by atoms with Crippen LogP contribution in [0.3, 0.4) is 0 Å². The average Bonchev–Trinajstić information content (AvgIpc) is 1.94. The topological polar surface area (TPSA) is 38.5 Å². The van der Waals surface area contributed by atoms with Crippen molar-refractivity contribution in [1.29, 1.82) is 0 Å². The number of halogens is 3. The zero-order valence-electron chi connectivity index (χ0n) is 5.77. The van der Waals surface area contributed by atoms with Crippen LogP contribution in [0, 0.1) is 0 Å². The quantitative estimate of drug-likeness (QED) is 0.440. The summed E-state index contributed by atoms with van der Waals surface area (Å²) in [6.07, 6.45) is -1.34. The van der Waals surface area contributed by atoms with Gasteiger partial charge in [0, 0.05) is 42.4 Å². The van der Waals surface area contributed by atoms with Gasteiger partial charge in [-0.1, -0.05) is 0 Å². The number of hydrogen-bond acceptors (Lipinski definition) is 3. The maximum absolute atomic E-state index is 12.8. The maximum atomic E-state index is 12.8. The summed E-state index contributed by atoms with van der Waals surface area (Å²) in [5.74, 6) is 1.96. The van der Waals surface area contributed by atoms with Gasteiger partial charge in [-0.3, -0.25) is 4.84 Å². The summed E-state index contributed by atoms with van der Waals surface area (Å²) in [6, 6.07) is 0. The van der Waals surface area contributed by atoms with Gasteiger partial charge < -0.3 is 0 Å². The molecule has 11 heavy (non-hydrogen) atoms. The van der Waals surface area contributed by atoms with Gasteiger partial charge in [0.2, 0.25) is 0 Å². The van der Waals surface area contributed by atoms with E-state index in [-0.39, 0.29) is 13.0 Å². The van der Waals surface area contributed by atoms with Crippen molar-refractivity contribution < 1.29 is 13.6 Å². The Morgan fingerprint density at radius 2 is 2.27 bits per heavy atom. The van der Waals surface area contributed by atoms with Gasteiger partial charge in [-0.05, 0) is 0 Å². The number of nitrogens with two attached hydrogens (primary N) is 1. The van der Waals surface area contributed by atoms with E-state index in [0.717, 1.165) is 0 Å². The SMILES string of the molecule is NOC1CN(I)CCC1(F)F. The molecule has 1 fully saturated rings. The van der Waals surface area contributed by atoms with Crippen LogP contribution >= 0.6 is 22.9 Å². The lowest BCUT2D eigenvalue weighted by atomic mass is 10.1. The van der Waals surface area contributed by atoms with E-state index in [0.29, 0.717) is 6.54 Å². The lowest BCUT2D eigenvalue weighted by Gasteiger charge is -2.33. The average molecular weight is 278 g/mol. The molecular formula is C5H9F2IN2O. The van der Waals surface area contributed by atoms with Crippen LogP contribution in [0.25, 0.3) is 0 Å². The molecule has 0 aromatic rings. The second-order valence-electron chi connectivity index (χ2n) is 2.50. The summed E-state index contributed by atoms with van der Waals surface area (Å²) in [4.78, 5) is 4.18. The minimum atomic E-state index is -2.77. The van der Waals surface area contributed by atoms with Crippen LogP contribution in [0.4, 0.5) is 8.78 Å². The van der Waals surface area contributed by atoms with E-state index in [1.807, 2.05) is 22.9 Å².